The number of hydrogen-bond acceptors (Lipinski definition) is 2. The highest BCUT2D eigenvalue weighted by molar-refractivity contribution is 6.30. The Morgan fingerprint density at radius 3 is 2.44 bits per heavy atom. The summed E-state index contributed by atoms with van der Waals surface area (Å²) < 4.78 is 0. The van der Waals surface area contributed by atoms with Crippen LogP contribution in [0.15, 0.2) is 48.5 Å². The van der Waals surface area contributed by atoms with E-state index in [1.54, 1.807) is 0 Å². The lowest BCUT2D eigenvalue weighted by molar-refractivity contribution is 0.191. The summed E-state index contributed by atoms with van der Waals surface area (Å²) in [5.41, 5.74) is 3.01. The smallest absolute Gasteiger partial charge is 0.0964 e. The zero-order valence-corrected chi connectivity index (χ0v) is 11.0. The molecule has 2 nitrogen and oxygen atoms in total. The van der Waals surface area contributed by atoms with Crippen LogP contribution in [-0.2, 0) is 0 Å². The van der Waals surface area contributed by atoms with E-state index in [4.69, 9.17) is 11.6 Å². The molecule has 94 valence electrons. The molecule has 1 unspecified atom stereocenters. The van der Waals surface area contributed by atoms with Crippen LogP contribution in [0.3, 0.4) is 0 Å². The van der Waals surface area contributed by atoms with Crippen molar-refractivity contribution in [2.45, 2.75) is 13.0 Å². The highest BCUT2D eigenvalue weighted by atomic mass is 35.5. The van der Waals surface area contributed by atoms with Crippen molar-refractivity contribution in [3.05, 3.63) is 64.7 Å². The van der Waals surface area contributed by atoms with Crippen molar-refractivity contribution < 1.29 is 5.11 Å². The summed E-state index contributed by atoms with van der Waals surface area (Å²) in [6.45, 7) is 2.48. The lowest BCUT2D eigenvalue weighted by Crippen LogP contribution is -2.13. The maximum Gasteiger partial charge on any atom is 0.0964 e. The Morgan fingerprint density at radius 2 is 1.78 bits per heavy atom. The fourth-order valence-corrected chi connectivity index (χ4v) is 1.98. The van der Waals surface area contributed by atoms with Gasteiger partial charge in [-0.2, -0.15) is 0 Å². The van der Waals surface area contributed by atoms with Crippen LogP contribution in [0.25, 0.3) is 0 Å². The maximum atomic E-state index is 10.1. The van der Waals surface area contributed by atoms with E-state index in [1.807, 2.05) is 55.5 Å². The third-order valence-electron chi connectivity index (χ3n) is 2.89. The molecule has 0 radical (unpaired) electrons. The Balaban J connectivity index is 1.98. The van der Waals surface area contributed by atoms with Gasteiger partial charge in [-0.3, -0.25) is 0 Å². The topological polar surface area (TPSA) is 32.3 Å². The molecule has 0 aromatic heterocycles. The van der Waals surface area contributed by atoms with Gasteiger partial charge in [0.1, 0.15) is 0 Å². The van der Waals surface area contributed by atoms with Gasteiger partial charge in [-0.05, 0) is 42.3 Å². The molecule has 0 fully saturated rings. The zero-order chi connectivity index (χ0) is 13.0. The number of aryl methyl sites for hydroxylation is 1. The van der Waals surface area contributed by atoms with Crippen LogP contribution in [0.5, 0.6) is 0 Å². The maximum absolute atomic E-state index is 10.1. The molecule has 18 heavy (non-hydrogen) atoms. The molecular formula is C15H16ClNO. The monoisotopic (exact) mass is 261 g/mol. The van der Waals surface area contributed by atoms with Crippen molar-refractivity contribution in [2.24, 2.45) is 0 Å². The van der Waals surface area contributed by atoms with E-state index < -0.39 is 6.10 Å². The van der Waals surface area contributed by atoms with Crippen LogP contribution >= 0.6 is 11.6 Å². The second kappa shape index (κ2) is 5.89. The molecule has 1 atom stereocenters. The molecule has 3 heteroatoms. The first-order chi connectivity index (χ1) is 8.66. The number of anilines is 1. The van der Waals surface area contributed by atoms with Gasteiger partial charge in [0.2, 0.25) is 0 Å². The fraction of sp³-hybridized carbons (Fsp3) is 0.200. The van der Waals surface area contributed by atoms with E-state index >= 15 is 0 Å². The summed E-state index contributed by atoms with van der Waals surface area (Å²) >= 11 is 5.81. The van der Waals surface area contributed by atoms with Crippen molar-refractivity contribution in [3.8, 4) is 0 Å². The minimum absolute atomic E-state index is 0.479. The summed E-state index contributed by atoms with van der Waals surface area (Å²) in [5.74, 6) is 0. The van der Waals surface area contributed by atoms with Crippen molar-refractivity contribution in [2.75, 3.05) is 11.9 Å². The Morgan fingerprint density at radius 1 is 1.11 bits per heavy atom. The third-order valence-corrected chi connectivity index (χ3v) is 3.14. The SMILES string of the molecule is Cc1ccccc1C(O)CNc1ccc(Cl)cc1. The number of rotatable bonds is 4. The van der Waals surface area contributed by atoms with Crippen LogP contribution in [0.2, 0.25) is 5.02 Å². The van der Waals surface area contributed by atoms with Crippen molar-refractivity contribution in [3.63, 3.8) is 0 Å². The average molecular weight is 262 g/mol. The van der Waals surface area contributed by atoms with E-state index in [0.29, 0.717) is 11.6 Å². The molecule has 0 aliphatic rings. The van der Waals surface area contributed by atoms with Gasteiger partial charge in [0, 0.05) is 17.3 Å². The molecule has 2 N–H and O–H groups in total. The number of hydrogen-bond donors (Lipinski definition) is 2. The second-order valence-electron chi connectivity index (χ2n) is 4.26. The minimum atomic E-state index is -0.512. The van der Waals surface area contributed by atoms with Crippen molar-refractivity contribution in [1.82, 2.24) is 0 Å². The zero-order valence-electron chi connectivity index (χ0n) is 10.2. The van der Waals surface area contributed by atoms with Gasteiger partial charge in [-0.1, -0.05) is 35.9 Å². The summed E-state index contributed by atoms with van der Waals surface area (Å²) in [7, 11) is 0. The van der Waals surface area contributed by atoms with Crippen LogP contribution in [0.4, 0.5) is 5.69 Å². The van der Waals surface area contributed by atoms with Crippen molar-refractivity contribution >= 4 is 17.3 Å². The number of nitrogens with one attached hydrogen (secondary N) is 1. The molecular weight excluding hydrogens is 246 g/mol. The Hall–Kier alpha value is -1.51. The van der Waals surface area contributed by atoms with E-state index in [2.05, 4.69) is 5.32 Å². The van der Waals surface area contributed by atoms with Crippen LogP contribution in [0, 0.1) is 6.92 Å². The Labute approximate surface area is 112 Å². The van der Waals surface area contributed by atoms with E-state index in [1.165, 1.54) is 0 Å². The first-order valence-electron chi connectivity index (χ1n) is 5.90. The van der Waals surface area contributed by atoms with E-state index in [0.717, 1.165) is 16.8 Å². The van der Waals surface area contributed by atoms with Crippen LogP contribution < -0.4 is 5.32 Å². The van der Waals surface area contributed by atoms with E-state index in [-0.39, 0.29) is 0 Å². The van der Waals surface area contributed by atoms with Crippen molar-refractivity contribution in [1.29, 1.82) is 0 Å². The number of halogens is 1. The number of aliphatic hydroxyl groups excluding tert-OH is 1. The quantitative estimate of drug-likeness (QED) is 0.878. The number of aliphatic hydroxyl groups is 1. The predicted octanol–water partition coefficient (Wildman–Crippen LogP) is 3.79. The van der Waals surface area contributed by atoms with Gasteiger partial charge in [-0.15, -0.1) is 0 Å². The summed E-state index contributed by atoms with van der Waals surface area (Å²) in [6, 6.07) is 15.3. The summed E-state index contributed by atoms with van der Waals surface area (Å²) in [6.07, 6.45) is -0.512. The highest BCUT2D eigenvalue weighted by Crippen LogP contribution is 2.19. The van der Waals surface area contributed by atoms with Crippen LogP contribution in [-0.4, -0.2) is 11.7 Å². The molecule has 0 saturated carbocycles. The molecule has 0 aliphatic heterocycles. The molecule has 0 amide bonds. The molecule has 2 aromatic carbocycles. The third kappa shape index (κ3) is 3.25. The molecule has 0 heterocycles. The molecule has 0 saturated heterocycles. The first-order valence-corrected chi connectivity index (χ1v) is 6.27. The Bertz CT molecular complexity index is 510. The molecule has 0 bridgehead atoms. The predicted molar refractivity (Wildman–Crippen MR) is 76.1 cm³/mol. The summed E-state index contributed by atoms with van der Waals surface area (Å²) in [4.78, 5) is 0. The average Bonchev–Trinajstić information content (AvgIpc) is 2.38. The Kier molecular flexibility index (Phi) is 4.24. The van der Waals surface area contributed by atoms with Gasteiger partial charge in [-0.25, -0.2) is 0 Å². The highest BCUT2D eigenvalue weighted by Gasteiger charge is 2.09. The lowest BCUT2D eigenvalue weighted by atomic mass is 10.0. The van der Waals surface area contributed by atoms with E-state index in [9.17, 15) is 5.11 Å². The van der Waals surface area contributed by atoms with Gasteiger partial charge >= 0.3 is 0 Å². The molecule has 2 rings (SSSR count). The molecule has 0 spiro atoms. The van der Waals surface area contributed by atoms with Crippen LogP contribution in [0.1, 0.15) is 17.2 Å². The first kappa shape index (κ1) is 12.9. The lowest BCUT2D eigenvalue weighted by Gasteiger charge is -2.15. The van der Waals surface area contributed by atoms with Gasteiger partial charge < -0.3 is 10.4 Å². The summed E-state index contributed by atoms with van der Waals surface area (Å²) in [5, 5.41) is 14.0. The minimum Gasteiger partial charge on any atom is -0.387 e. The molecule has 2 aromatic rings. The fourth-order valence-electron chi connectivity index (χ4n) is 1.85. The van der Waals surface area contributed by atoms with Gasteiger partial charge in [0.05, 0.1) is 6.10 Å². The number of benzene rings is 2. The molecule has 0 aliphatic carbocycles. The van der Waals surface area contributed by atoms with Gasteiger partial charge in [0.15, 0.2) is 0 Å². The largest absolute Gasteiger partial charge is 0.387 e. The second-order valence-corrected chi connectivity index (χ2v) is 4.70. The van der Waals surface area contributed by atoms with Gasteiger partial charge in [0.25, 0.3) is 0 Å². The standard InChI is InChI=1S/C15H16ClNO/c1-11-4-2-3-5-14(11)15(18)10-17-13-8-6-12(16)7-9-13/h2-9,15,17-18H,10H2,1H3. The normalized spacial score (nSPS) is 12.2.